The Balaban J connectivity index is 1.78. The Morgan fingerprint density at radius 3 is 2.35 bits per heavy atom. The van der Waals surface area contributed by atoms with Crippen LogP contribution in [0, 0.1) is 0 Å². The molecule has 2 N–H and O–H groups in total. The van der Waals surface area contributed by atoms with Gasteiger partial charge in [-0.1, -0.05) is 53.5 Å². The molecule has 31 heavy (non-hydrogen) atoms. The largest absolute Gasteiger partial charge is 0.454 e. The topological polar surface area (TPSA) is 102 Å². The molecule has 0 aliphatic carbocycles. The molecule has 2 rings (SSSR count). The molecule has 0 spiro atoms. The van der Waals surface area contributed by atoms with Gasteiger partial charge in [0.1, 0.15) is 6.04 Å². The lowest BCUT2D eigenvalue weighted by molar-refractivity contribution is -0.149. The number of rotatable bonds is 10. The zero-order valence-electron chi connectivity index (χ0n) is 17.1. The van der Waals surface area contributed by atoms with E-state index in [1.165, 1.54) is 25.1 Å². The Morgan fingerprint density at radius 2 is 1.71 bits per heavy atom. The Labute approximate surface area is 192 Å². The van der Waals surface area contributed by atoms with Crippen LogP contribution in [0.3, 0.4) is 0 Å². The highest BCUT2D eigenvalue weighted by Crippen LogP contribution is 2.24. The quantitative estimate of drug-likeness (QED) is 0.501. The van der Waals surface area contributed by atoms with Crippen LogP contribution in [0.1, 0.15) is 25.8 Å². The molecule has 2 aromatic rings. The van der Waals surface area contributed by atoms with Crippen LogP contribution in [0.4, 0.5) is 0 Å². The van der Waals surface area contributed by atoms with Crippen molar-refractivity contribution < 1.29 is 22.7 Å². The molecule has 10 heteroatoms. The lowest BCUT2D eigenvalue weighted by Crippen LogP contribution is -2.41. The number of nitrogens with one attached hydrogen (secondary N) is 2. The molecule has 1 amide bonds. The summed E-state index contributed by atoms with van der Waals surface area (Å²) in [5.41, 5.74) is 1.16. The van der Waals surface area contributed by atoms with Gasteiger partial charge in [0.15, 0.2) is 6.61 Å². The number of ether oxygens (including phenoxy) is 1. The number of sulfonamides is 1. The van der Waals surface area contributed by atoms with Gasteiger partial charge in [-0.3, -0.25) is 9.59 Å². The number of carbonyl (C=O) groups excluding carboxylic acids is 2. The Morgan fingerprint density at radius 1 is 1.03 bits per heavy atom. The summed E-state index contributed by atoms with van der Waals surface area (Å²) in [6, 6.07) is 12.3. The van der Waals surface area contributed by atoms with Gasteiger partial charge in [-0.2, -0.15) is 4.72 Å². The van der Waals surface area contributed by atoms with Crippen molar-refractivity contribution in [2.24, 2.45) is 0 Å². The van der Waals surface area contributed by atoms with Crippen molar-refractivity contribution in [2.75, 3.05) is 6.61 Å². The fraction of sp³-hybridized carbons (Fsp3) is 0.333. The average Bonchev–Trinajstić information content (AvgIpc) is 2.72. The number of hydrogen-bond donors (Lipinski definition) is 2. The van der Waals surface area contributed by atoms with Gasteiger partial charge in [-0.25, -0.2) is 8.42 Å². The molecule has 0 radical (unpaired) electrons. The van der Waals surface area contributed by atoms with Gasteiger partial charge in [-0.05, 0) is 50.5 Å². The van der Waals surface area contributed by atoms with E-state index in [1.807, 2.05) is 37.3 Å². The fourth-order valence-corrected chi connectivity index (χ4v) is 4.25. The molecule has 2 atom stereocenters. The minimum Gasteiger partial charge on any atom is -0.454 e. The number of halogens is 2. The molecule has 0 aliphatic heterocycles. The monoisotopic (exact) mass is 486 g/mol. The second kappa shape index (κ2) is 11.5. The Hall–Kier alpha value is -2.13. The van der Waals surface area contributed by atoms with Crippen molar-refractivity contribution >= 4 is 45.1 Å². The third kappa shape index (κ3) is 8.14. The molecule has 0 aromatic heterocycles. The van der Waals surface area contributed by atoms with Crippen molar-refractivity contribution in [3.8, 4) is 0 Å². The van der Waals surface area contributed by atoms with Crippen molar-refractivity contribution in [1.82, 2.24) is 10.0 Å². The summed E-state index contributed by atoms with van der Waals surface area (Å²) in [5.74, 6) is -1.34. The number of esters is 1. The van der Waals surface area contributed by atoms with Gasteiger partial charge in [0.25, 0.3) is 5.91 Å². The molecule has 0 fully saturated rings. The van der Waals surface area contributed by atoms with Crippen LogP contribution >= 0.6 is 23.2 Å². The first kappa shape index (κ1) is 25.1. The minimum atomic E-state index is -4.03. The Bertz CT molecular complexity index is 1020. The molecule has 0 unspecified atom stereocenters. The van der Waals surface area contributed by atoms with E-state index in [1.54, 1.807) is 0 Å². The van der Waals surface area contributed by atoms with Gasteiger partial charge in [-0.15, -0.1) is 0 Å². The number of benzene rings is 2. The van der Waals surface area contributed by atoms with Gasteiger partial charge in [0.2, 0.25) is 10.0 Å². The second-order valence-corrected chi connectivity index (χ2v) is 9.55. The van der Waals surface area contributed by atoms with Gasteiger partial charge >= 0.3 is 5.97 Å². The first-order valence-electron chi connectivity index (χ1n) is 9.56. The maximum absolute atomic E-state index is 12.4. The molecule has 168 valence electrons. The van der Waals surface area contributed by atoms with Gasteiger partial charge in [0.05, 0.1) is 14.9 Å². The van der Waals surface area contributed by atoms with Crippen LogP contribution in [0.15, 0.2) is 53.4 Å². The van der Waals surface area contributed by atoms with Crippen molar-refractivity contribution in [3.63, 3.8) is 0 Å². The molecule has 0 saturated carbocycles. The normalized spacial score (nSPS) is 13.3. The first-order valence-corrected chi connectivity index (χ1v) is 11.8. The van der Waals surface area contributed by atoms with Crippen LogP contribution in [-0.2, 0) is 30.8 Å². The van der Waals surface area contributed by atoms with Crippen LogP contribution in [0.5, 0.6) is 0 Å². The van der Waals surface area contributed by atoms with E-state index >= 15 is 0 Å². The molecule has 0 aliphatic rings. The summed E-state index contributed by atoms with van der Waals surface area (Å²) in [6.07, 6.45) is 1.53. The van der Waals surface area contributed by atoms with E-state index in [-0.39, 0.29) is 21.0 Å². The van der Waals surface area contributed by atoms with E-state index in [2.05, 4.69) is 10.0 Å². The van der Waals surface area contributed by atoms with Crippen molar-refractivity contribution in [3.05, 3.63) is 64.1 Å². The zero-order valence-corrected chi connectivity index (χ0v) is 19.4. The summed E-state index contributed by atoms with van der Waals surface area (Å²) in [6.45, 7) is 2.67. The van der Waals surface area contributed by atoms with Crippen molar-refractivity contribution in [2.45, 2.75) is 43.7 Å². The van der Waals surface area contributed by atoms with Crippen LogP contribution < -0.4 is 10.0 Å². The van der Waals surface area contributed by atoms with Gasteiger partial charge in [0, 0.05) is 6.04 Å². The predicted molar refractivity (Wildman–Crippen MR) is 120 cm³/mol. The second-order valence-electron chi connectivity index (χ2n) is 7.02. The SMILES string of the molecule is C[C@H](CCc1ccccc1)NC(=O)COC(=O)[C@@H](C)NS(=O)(=O)c1ccc(Cl)c(Cl)c1. The minimum absolute atomic E-state index is 0.0674. The van der Waals surface area contributed by atoms with E-state index in [4.69, 9.17) is 27.9 Å². The zero-order chi connectivity index (χ0) is 23.0. The molecular formula is C21H24Cl2N2O5S. The van der Waals surface area contributed by atoms with Crippen LogP contribution in [0.25, 0.3) is 0 Å². The standard InChI is InChI=1S/C21H24Cl2N2O5S/c1-14(8-9-16-6-4-3-5-7-16)24-20(26)13-30-21(27)15(2)25-31(28,29)17-10-11-18(22)19(23)12-17/h3-7,10-12,14-15,25H,8-9,13H2,1-2H3,(H,24,26)/t14-,15-/m1/s1. The highest BCUT2D eigenvalue weighted by atomic mass is 35.5. The first-order chi connectivity index (χ1) is 14.6. The summed E-state index contributed by atoms with van der Waals surface area (Å²) >= 11 is 11.6. The third-order valence-electron chi connectivity index (χ3n) is 4.35. The van der Waals surface area contributed by atoms with Crippen molar-refractivity contribution in [1.29, 1.82) is 0 Å². The summed E-state index contributed by atoms with van der Waals surface area (Å²) in [5, 5.41) is 3.02. The fourth-order valence-electron chi connectivity index (χ4n) is 2.67. The molecule has 0 bridgehead atoms. The maximum Gasteiger partial charge on any atom is 0.324 e. The third-order valence-corrected chi connectivity index (χ3v) is 6.63. The summed E-state index contributed by atoms with van der Waals surface area (Å²) in [4.78, 5) is 24.0. The predicted octanol–water partition coefficient (Wildman–Crippen LogP) is 3.34. The summed E-state index contributed by atoms with van der Waals surface area (Å²) in [7, 11) is -4.03. The van der Waals surface area contributed by atoms with E-state index < -0.39 is 34.5 Å². The molecule has 7 nitrogen and oxygen atoms in total. The highest BCUT2D eigenvalue weighted by Gasteiger charge is 2.24. The lowest BCUT2D eigenvalue weighted by atomic mass is 10.1. The summed E-state index contributed by atoms with van der Waals surface area (Å²) < 4.78 is 31.9. The molecule has 0 saturated heterocycles. The smallest absolute Gasteiger partial charge is 0.324 e. The van der Waals surface area contributed by atoms with E-state index in [0.29, 0.717) is 0 Å². The number of hydrogen-bond acceptors (Lipinski definition) is 5. The van der Waals surface area contributed by atoms with Crippen LogP contribution in [-0.4, -0.2) is 39.0 Å². The average molecular weight is 487 g/mol. The number of carbonyl (C=O) groups is 2. The van der Waals surface area contributed by atoms with E-state index in [0.717, 1.165) is 18.4 Å². The molecular weight excluding hydrogens is 463 g/mol. The maximum atomic E-state index is 12.4. The van der Waals surface area contributed by atoms with E-state index in [9.17, 15) is 18.0 Å². The number of amides is 1. The lowest BCUT2D eigenvalue weighted by Gasteiger charge is -2.16. The highest BCUT2D eigenvalue weighted by molar-refractivity contribution is 7.89. The van der Waals surface area contributed by atoms with Crippen LogP contribution in [0.2, 0.25) is 10.0 Å². The Kier molecular flexibility index (Phi) is 9.31. The molecule has 2 aromatic carbocycles. The molecule has 0 heterocycles. The number of aryl methyl sites for hydroxylation is 1. The van der Waals surface area contributed by atoms with Gasteiger partial charge < -0.3 is 10.1 Å².